The Morgan fingerprint density at radius 3 is 2.48 bits per heavy atom. The standard InChI is InChI=1S/C16H17NO4/c1-11-14(4-3-5-16(11)17(19)20)10-21-15-8-6-13(7-9-15)12(2)18/h3-9,12,18H,10H2,1-2H3. The van der Waals surface area contributed by atoms with E-state index in [1.54, 1.807) is 44.2 Å². The van der Waals surface area contributed by atoms with Crippen molar-refractivity contribution in [2.45, 2.75) is 26.6 Å². The van der Waals surface area contributed by atoms with Crippen molar-refractivity contribution < 1.29 is 14.8 Å². The van der Waals surface area contributed by atoms with Gasteiger partial charge in [0.25, 0.3) is 5.69 Å². The molecule has 0 aromatic heterocycles. The van der Waals surface area contributed by atoms with Crippen molar-refractivity contribution in [1.82, 2.24) is 0 Å². The molecule has 0 saturated carbocycles. The van der Waals surface area contributed by atoms with Gasteiger partial charge >= 0.3 is 0 Å². The molecule has 0 spiro atoms. The van der Waals surface area contributed by atoms with Crippen LogP contribution < -0.4 is 4.74 Å². The van der Waals surface area contributed by atoms with Crippen LogP contribution in [0.1, 0.15) is 29.7 Å². The van der Waals surface area contributed by atoms with Gasteiger partial charge in [0.1, 0.15) is 12.4 Å². The molecule has 0 heterocycles. The van der Waals surface area contributed by atoms with Gasteiger partial charge in [0, 0.05) is 11.6 Å². The summed E-state index contributed by atoms with van der Waals surface area (Å²) in [6, 6.07) is 12.1. The number of benzene rings is 2. The molecule has 2 rings (SSSR count). The normalized spacial score (nSPS) is 12.0. The summed E-state index contributed by atoms with van der Waals surface area (Å²) >= 11 is 0. The van der Waals surface area contributed by atoms with Gasteiger partial charge in [-0.1, -0.05) is 24.3 Å². The molecule has 21 heavy (non-hydrogen) atoms. The Morgan fingerprint density at radius 2 is 1.90 bits per heavy atom. The highest BCUT2D eigenvalue weighted by Crippen LogP contribution is 2.23. The largest absolute Gasteiger partial charge is 0.489 e. The average molecular weight is 287 g/mol. The highest BCUT2D eigenvalue weighted by atomic mass is 16.6. The van der Waals surface area contributed by atoms with Gasteiger partial charge in [-0.2, -0.15) is 0 Å². The van der Waals surface area contributed by atoms with Crippen LogP contribution in [-0.4, -0.2) is 10.0 Å². The van der Waals surface area contributed by atoms with Crippen molar-refractivity contribution in [2.75, 3.05) is 0 Å². The Kier molecular flexibility index (Phi) is 4.55. The van der Waals surface area contributed by atoms with Crippen molar-refractivity contribution in [1.29, 1.82) is 0 Å². The van der Waals surface area contributed by atoms with E-state index in [4.69, 9.17) is 4.74 Å². The Balaban J connectivity index is 2.09. The fourth-order valence-electron chi connectivity index (χ4n) is 2.03. The Bertz CT molecular complexity index is 635. The molecular weight excluding hydrogens is 270 g/mol. The van der Waals surface area contributed by atoms with E-state index in [1.807, 2.05) is 6.07 Å². The molecular formula is C16H17NO4. The summed E-state index contributed by atoms with van der Waals surface area (Å²) in [6.07, 6.45) is -0.516. The molecule has 1 unspecified atom stereocenters. The number of hydrogen-bond acceptors (Lipinski definition) is 4. The lowest BCUT2D eigenvalue weighted by Gasteiger charge is -2.10. The molecule has 0 amide bonds. The average Bonchev–Trinajstić information content (AvgIpc) is 2.46. The van der Waals surface area contributed by atoms with Crippen LogP contribution >= 0.6 is 0 Å². The van der Waals surface area contributed by atoms with Gasteiger partial charge in [-0.25, -0.2) is 0 Å². The van der Waals surface area contributed by atoms with Gasteiger partial charge in [-0.15, -0.1) is 0 Å². The zero-order valence-electron chi connectivity index (χ0n) is 11.9. The number of nitro groups is 1. The smallest absolute Gasteiger partial charge is 0.272 e. The van der Waals surface area contributed by atoms with Crippen molar-refractivity contribution in [2.24, 2.45) is 0 Å². The van der Waals surface area contributed by atoms with E-state index in [1.165, 1.54) is 6.07 Å². The van der Waals surface area contributed by atoms with Gasteiger partial charge < -0.3 is 9.84 Å². The predicted octanol–water partition coefficient (Wildman–Crippen LogP) is 3.54. The van der Waals surface area contributed by atoms with Crippen LogP contribution in [0.5, 0.6) is 5.75 Å². The second-order valence-electron chi connectivity index (χ2n) is 4.85. The van der Waals surface area contributed by atoms with Crippen LogP contribution in [0.15, 0.2) is 42.5 Å². The van der Waals surface area contributed by atoms with Gasteiger partial charge in [-0.3, -0.25) is 10.1 Å². The number of ether oxygens (including phenoxy) is 1. The van der Waals surface area contributed by atoms with Crippen molar-refractivity contribution >= 4 is 5.69 Å². The molecule has 2 aromatic rings. The van der Waals surface area contributed by atoms with Crippen LogP contribution in [0.2, 0.25) is 0 Å². The summed E-state index contributed by atoms with van der Waals surface area (Å²) in [4.78, 5) is 10.5. The SMILES string of the molecule is Cc1c(COc2ccc(C(C)O)cc2)cccc1[N+](=O)[O-]. The number of hydrogen-bond donors (Lipinski definition) is 1. The molecule has 0 saturated heterocycles. The maximum atomic E-state index is 10.9. The lowest BCUT2D eigenvalue weighted by Crippen LogP contribution is -2.01. The molecule has 0 radical (unpaired) electrons. The molecule has 1 atom stereocenters. The lowest BCUT2D eigenvalue weighted by atomic mass is 10.1. The molecule has 5 heteroatoms. The number of nitrogens with zero attached hydrogens (tertiary/aromatic N) is 1. The number of rotatable bonds is 5. The summed E-state index contributed by atoms with van der Waals surface area (Å²) in [5, 5.41) is 20.3. The van der Waals surface area contributed by atoms with Crippen LogP contribution in [0.4, 0.5) is 5.69 Å². The maximum absolute atomic E-state index is 10.9. The minimum atomic E-state index is -0.516. The first-order valence-corrected chi connectivity index (χ1v) is 6.62. The summed E-state index contributed by atoms with van der Waals surface area (Å²) in [7, 11) is 0. The monoisotopic (exact) mass is 287 g/mol. The number of nitro benzene ring substituents is 1. The topological polar surface area (TPSA) is 72.6 Å². The van der Waals surface area contributed by atoms with E-state index in [2.05, 4.69) is 0 Å². The third-order valence-electron chi connectivity index (χ3n) is 3.37. The third kappa shape index (κ3) is 3.58. The highest BCUT2D eigenvalue weighted by Gasteiger charge is 2.13. The van der Waals surface area contributed by atoms with Gasteiger partial charge in [0.05, 0.1) is 11.0 Å². The molecule has 0 bridgehead atoms. The van der Waals surface area contributed by atoms with Crippen molar-refractivity contribution in [3.8, 4) is 5.75 Å². The predicted molar refractivity (Wildman–Crippen MR) is 79.2 cm³/mol. The summed E-state index contributed by atoms with van der Waals surface area (Å²) in [5.41, 5.74) is 2.31. The van der Waals surface area contributed by atoms with Gasteiger partial charge in [0.15, 0.2) is 0 Å². The molecule has 1 N–H and O–H groups in total. The molecule has 0 aliphatic carbocycles. The van der Waals surface area contributed by atoms with Gasteiger partial charge in [0.2, 0.25) is 0 Å². The summed E-state index contributed by atoms with van der Waals surface area (Å²) < 4.78 is 5.64. The van der Waals surface area contributed by atoms with E-state index in [0.717, 1.165) is 11.1 Å². The van der Waals surface area contributed by atoms with Crippen molar-refractivity contribution in [3.63, 3.8) is 0 Å². The lowest BCUT2D eigenvalue weighted by molar-refractivity contribution is -0.385. The fourth-order valence-corrected chi connectivity index (χ4v) is 2.03. The van der Waals surface area contributed by atoms with E-state index >= 15 is 0 Å². The maximum Gasteiger partial charge on any atom is 0.272 e. The molecule has 5 nitrogen and oxygen atoms in total. The second-order valence-corrected chi connectivity index (χ2v) is 4.85. The zero-order valence-corrected chi connectivity index (χ0v) is 11.9. The van der Waals surface area contributed by atoms with E-state index < -0.39 is 11.0 Å². The van der Waals surface area contributed by atoms with Gasteiger partial charge in [-0.05, 0) is 37.1 Å². The first-order chi connectivity index (χ1) is 9.99. The Hall–Kier alpha value is -2.40. The fraction of sp³-hybridized carbons (Fsp3) is 0.250. The molecule has 0 aliphatic heterocycles. The summed E-state index contributed by atoms with van der Waals surface area (Å²) in [6.45, 7) is 3.68. The number of aliphatic hydroxyl groups is 1. The van der Waals surface area contributed by atoms with E-state index in [-0.39, 0.29) is 12.3 Å². The quantitative estimate of drug-likeness (QED) is 0.674. The summed E-state index contributed by atoms with van der Waals surface area (Å²) in [5.74, 6) is 0.658. The van der Waals surface area contributed by atoms with Crippen LogP contribution in [0.25, 0.3) is 0 Å². The minimum Gasteiger partial charge on any atom is -0.489 e. The van der Waals surface area contributed by atoms with Crippen LogP contribution in [0, 0.1) is 17.0 Å². The van der Waals surface area contributed by atoms with Crippen LogP contribution in [0.3, 0.4) is 0 Å². The first kappa shape index (κ1) is 15.0. The Morgan fingerprint density at radius 1 is 1.24 bits per heavy atom. The minimum absolute atomic E-state index is 0.0977. The molecule has 2 aromatic carbocycles. The highest BCUT2D eigenvalue weighted by molar-refractivity contribution is 5.44. The van der Waals surface area contributed by atoms with Crippen molar-refractivity contribution in [3.05, 3.63) is 69.3 Å². The number of aliphatic hydroxyl groups excluding tert-OH is 1. The van der Waals surface area contributed by atoms with E-state index in [9.17, 15) is 15.2 Å². The Labute approximate surface area is 123 Å². The molecule has 0 fully saturated rings. The molecule has 110 valence electrons. The second kappa shape index (κ2) is 6.37. The third-order valence-corrected chi connectivity index (χ3v) is 3.37. The first-order valence-electron chi connectivity index (χ1n) is 6.62. The van der Waals surface area contributed by atoms with E-state index in [0.29, 0.717) is 11.3 Å². The van der Waals surface area contributed by atoms with Crippen LogP contribution in [-0.2, 0) is 6.61 Å². The molecule has 0 aliphatic rings. The zero-order chi connectivity index (χ0) is 15.4.